The molecule has 5 heteroatoms. The van der Waals surface area contributed by atoms with E-state index in [0.717, 1.165) is 41.9 Å². The molecule has 0 aliphatic carbocycles. The molecule has 1 aromatic heterocycles. The minimum absolute atomic E-state index is 0.435. The van der Waals surface area contributed by atoms with Gasteiger partial charge in [0.15, 0.2) is 0 Å². The summed E-state index contributed by atoms with van der Waals surface area (Å²) in [5.41, 5.74) is 1.79. The van der Waals surface area contributed by atoms with Crippen molar-refractivity contribution in [2.45, 2.75) is 39.7 Å². The topological polar surface area (TPSA) is 57.6 Å². The molecular weight excluding hydrogens is 326 g/mol. The molecule has 1 unspecified atom stereocenters. The van der Waals surface area contributed by atoms with E-state index in [2.05, 4.69) is 36.0 Å². The van der Waals surface area contributed by atoms with E-state index in [1.165, 1.54) is 6.42 Å². The number of aromatic nitrogens is 1. The summed E-state index contributed by atoms with van der Waals surface area (Å²) < 4.78 is 5.38. The molecule has 0 aliphatic rings. The fourth-order valence-corrected chi connectivity index (χ4v) is 3.16. The van der Waals surface area contributed by atoms with E-state index in [-0.39, 0.29) is 0 Å². The molecule has 0 amide bonds. The van der Waals surface area contributed by atoms with E-state index in [4.69, 9.17) is 4.74 Å². The summed E-state index contributed by atoms with van der Waals surface area (Å²) in [7, 11) is 1.66. The van der Waals surface area contributed by atoms with Gasteiger partial charge in [0, 0.05) is 37.3 Å². The molecule has 1 heterocycles. The van der Waals surface area contributed by atoms with E-state index in [9.17, 15) is 5.11 Å². The second kappa shape index (κ2) is 10.3. The zero-order valence-corrected chi connectivity index (χ0v) is 16.5. The number of aliphatic hydroxyl groups excluding tert-OH is 1. The highest BCUT2D eigenvalue weighted by atomic mass is 16.5. The van der Waals surface area contributed by atoms with Crippen molar-refractivity contribution in [2.75, 3.05) is 38.6 Å². The zero-order valence-electron chi connectivity index (χ0n) is 16.5. The number of rotatable bonds is 11. The highest BCUT2D eigenvalue weighted by molar-refractivity contribution is 5.91. The van der Waals surface area contributed by atoms with Gasteiger partial charge in [0.05, 0.1) is 24.4 Å². The number of benzene rings is 1. The number of hydrogen-bond acceptors (Lipinski definition) is 5. The second-order valence-electron chi connectivity index (χ2n) is 7.29. The van der Waals surface area contributed by atoms with Crippen LogP contribution in [0.5, 0.6) is 5.75 Å². The van der Waals surface area contributed by atoms with Crippen LogP contribution in [0.3, 0.4) is 0 Å². The van der Waals surface area contributed by atoms with Gasteiger partial charge in [0.1, 0.15) is 5.75 Å². The van der Waals surface area contributed by atoms with Crippen LogP contribution in [0.15, 0.2) is 30.5 Å². The number of nitrogens with zero attached hydrogens (tertiary/aromatic N) is 2. The Morgan fingerprint density at radius 2 is 2.08 bits per heavy atom. The Bertz CT molecular complexity index is 675. The van der Waals surface area contributed by atoms with Gasteiger partial charge in [0.25, 0.3) is 0 Å². The van der Waals surface area contributed by atoms with Crippen LogP contribution in [0, 0.1) is 5.92 Å². The molecule has 5 nitrogen and oxygen atoms in total. The van der Waals surface area contributed by atoms with Crippen LogP contribution in [0.25, 0.3) is 10.9 Å². The zero-order chi connectivity index (χ0) is 18.9. The minimum atomic E-state index is -0.435. The number of anilines is 1. The third-order valence-electron chi connectivity index (χ3n) is 4.36. The quantitative estimate of drug-likeness (QED) is 0.639. The molecule has 0 fully saturated rings. The number of ether oxygens (including phenoxy) is 1. The number of hydrogen-bond donors (Lipinski definition) is 2. The fourth-order valence-electron chi connectivity index (χ4n) is 3.16. The maximum atomic E-state index is 10.5. The van der Waals surface area contributed by atoms with Crippen LogP contribution in [0.2, 0.25) is 0 Å². The van der Waals surface area contributed by atoms with Gasteiger partial charge in [-0.05, 0) is 31.0 Å². The van der Waals surface area contributed by atoms with Gasteiger partial charge in [-0.2, -0.15) is 0 Å². The van der Waals surface area contributed by atoms with Gasteiger partial charge < -0.3 is 20.1 Å². The van der Waals surface area contributed by atoms with E-state index in [1.54, 1.807) is 13.3 Å². The third-order valence-corrected chi connectivity index (χ3v) is 4.36. The third kappa shape index (κ3) is 6.15. The Labute approximate surface area is 157 Å². The van der Waals surface area contributed by atoms with Gasteiger partial charge in [-0.15, -0.1) is 0 Å². The Morgan fingerprint density at radius 1 is 1.27 bits per heavy atom. The van der Waals surface area contributed by atoms with Crippen molar-refractivity contribution in [2.24, 2.45) is 5.92 Å². The maximum Gasteiger partial charge on any atom is 0.121 e. The summed E-state index contributed by atoms with van der Waals surface area (Å²) in [6, 6.07) is 7.84. The van der Waals surface area contributed by atoms with Crippen LogP contribution in [0.1, 0.15) is 33.6 Å². The summed E-state index contributed by atoms with van der Waals surface area (Å²) in [6.07, 6.45) is 3.68. The smallest absolute Gasteiger partial charge is 0.121 e. The summed E-state index contributed by atoms with van der Waals surface area (Å²) in [6.45, 7) is 9.86. The average molecular weight is 360 g/mol. The molecule has 0 saturated carbocycles. The number of methoxy groups -OCH3 is 1. The first-order valence-electron chi connectivity index (χ1n) is 9.60. The number of fused-ring (bicyclic) bond motifs is 1. The van der Waals surface area contributed by atoms with Crippen molar-refractivity contribution in [3.05, 3.63) is 30.5 Å². The molecule has 1 atom stereocenters. The second-order valence-corrected chi connectivity index (χ2v) is 7.29. The predicted molar refractivity (Wildman–Crippen MR) is 109 cm³/mol. The highest BCUT2D eigenvalue weighted by Crippen LogP contribution is 2.27. The number of nitrogens with one attached hydrogen (secondary N) is 1. The highest BCUT2D eigenvalue weighted by Gasteiger charge is 2.14. The predicted octanol–water partition coefficient (Wildman–Crippen LogP) is 3.77. The van der Waals surface area contributed by atoms with Crippen molar-refractivity contribution in [1.29, 1.82) is 0 Å². The lowest BCUT2D eigenvalue weighted by Crippen LogP contribution is -2.38. The van der Waals surface area contributed by atoms with E-state index < -0.39 is 6.10 Å². The molecule has 0 radical (unpaired) electrons. The molecule has 26 heavy (non-hydrogen) atoms. The minimum Gasteiger partial charge on any atom is -0.497 e. The van der Waals surface area contributed by atoms with E-state index >= 15 is 0 Å². The molecule has 0 aliphatic heterocycles. The SMILES string of the molecule is CCCCN(CC(C)C)CC(O)CNc1cc(OC)cc2cccnc12. The monoisotopic (exact) mass is 359 g/mol. The van der Waals surface area contributed by atoms with Crippen molar-refractivity contribution in [3.8, 4) is 5.75 Å². The van der Waals surface area contributed by atoms with Crippen LogP contribution >= 0.6 is 0 Å². The van der Waals surface area contributed by atoms with Gasteiger partial charge in [-0.1, -0.05) is 33.3 Å². The maximum absolute atomic E-state index is 10.5. The van der Waals surface area contributed by atoms with Crippen LogP contribution in [-0.2, 0) is 0 Å². The molecular formula is C21H33N3O2. The fraction of sp³-hybridized carbons (Fsp3) is 0.571. The lowest BCUT2D eigenvalue weighted by molar-refractivity contribution is 0.113. The van der Waals surface area contributed by atoms with E-state index in [0.29, 0.717) is 19.0 Å². The number of pyridine rings is 1. The number of unbranched alkanes of at least 4 members (excludes halogenated alkanes) is 1. The molecule has 0 spiro atoms. The van der Waals surface area contributed by atoms with Gasteiger partial charge in [0.2, 0.25) is 0 Å². The first-order chi connectivity index (χ1) is 12.5. The molecule has 2 N–H and O–H groups in total. The summed E-state index contributed by atoms with van der Waals surface area (Å²) in [5, 5.41) is 14.9. The molecule has 0 saturated heterocycles. The van der Waals surface area contributed by atoms with Gasteiger partial charge in [-0.3, -0.25) is 4.98 Å². The Morgan fingerprint density at radius 3 is 2.77 bits per heavy atom. The normalized spacial score (nSPS) is 12.7. The first-order valence-corrected chi connectivity index (χ1v) is 9.60. The largest absolute Gasteiger partial charge is 0.497 e. The molecule has 2 aromatic rings. The van der Waals surface area contributed by atoms with Crippen molar-refractivity contribution < 1.29 is 9.84 Å². The summed E-state index contributed by atoms with van der Waals surface area (Å²) in [5.74, 6) is 1.38. The lowest BCUT2D eigenvalue weighted by Gasteiger charge is -2.27. The summed E-state index contributed by atoms with van der Waals surface area (Å²) in [4.78, 5) is 6.83. The van der Waals surface area contributed by atoms with E-state index in [1.807, 2.05) is 24.3 Å². The Hall–Kier alpha value is -1.85. The van der Waals surface area contributed by atoms with Gasteiger partial charge >= 0.3 is 0 Å². The standard InChI is InChI=1S/C21H33N3O2/c1-5-6-10-24(14-16(2)3)15-18(25)13-23-20-12-19(26-4)11-17-8-7-9-22-21(17)20/h7-9,11-12,16,18,23,25H,5-6,10,13-15H2,1-4H3. The average Bonchev–Trinajstić information content (AvgIpc) is 2.63. The molecule has 1 aromatic carbocycles. The van der Waals surface area contributed by atoms with Crippen LogP contribution < -0.4 is 10.1 Å². The Kier molecular flexibility index (Phi) is 8.13. The molecule has 0 bridgehead atoms. The lowest BCUT2D eigenvalue weighted by atomic mass is 10.1. The van der Waals surface area contributed by atoms with Crippen molar-refractivity contribution in [1.82, 2.24) is 9.88 Å². The Balaban J connectivity index is 2.01. The van der Waals surface area contributed by atoms with Crippen LogP contribution in [-0.4, -0.2) is 54.4 Å². The van der Waals surface area contributed by atoms with Crippen molar-refractivity contribution in [3.63, 3.8) is 0 Å². The number of aliphatic hydroxyl groups is 1. The van der Waals surface area contributed by atoms with Crippen molar-refractivity contribution >= 4 is 16.6 Å². The van der Waals surface area contributed by atoms with Gasteiger partial charge in [-0.25, -0.2) is 0 Å². The first kappa shape index (κ1) is 20.5. The van der Waals surface area contributed by atoms with Crippen LogP contribution in [0.4, 0.5) is 5.69 Å². The molecule has 2 rings (SSSR count). The summed E-state index contributed by atoms with van der Waals surface area (Å²) >= 11 is 0. The molecule has 144 valence electrons.